The number of carbonyl (C=O) groups is 1. The van der Waals surface area contributed by atoms with Crippen LogP contribution in [0.4, 0.5) is 0 Å². The van der Waals surface area contributed by atoms with Crippen molar-refractivity contribution < 1.29 is 4.79 Å². The van der Waals surface area contributed by atoms with Crippen LogP contribution in [-0.2, 0) is 6.54 Å². The molecule has 1 saturated carbocycles. The first-order chi connectivity index (χ1) is 8.61. The van der Waals surface area contributed by atoms with Crippen LogP contribution in [0.25, 0.3) is 0 Å². The van der Waals surface area contributed by atoms with Crippen LogP contribution in [-0.4, -0.2) is 11.9 Å². The van der Waals surface area contributed by atoms with Gasteiger partial charge < -0.3 is 11.1 Å². The number of carbonyl (C=O) groups excluding carboxylic acids is 1. The second kappa shape index (κ2) is 5.85. The topological polar surface area (TPSA) is 55.1 Å². The number of thiophene rings is 1. The molecule has 3 unspecified atom stereocenters. The number of primary amides is 1. The first kappa shape index (κ1) is 13.6. The average Bonchev–Trinajstić information content (AvgIpc) is 2.93. The lowest BCUT2D eigenvalue weighted by atomic mass is 9.93. The van der Waals surface area contributed by atoms with Gasteiger partial charge in [-0.2, -0.15) is 0 Å². The summed E-state index contributed by atoms with van der Waals surface area (Å²) in [6.07, 6.45) is 3.89. The third kappa shape index (κ3) is 2.93. The summed E-state index contributed by atoms with van der Waals surface area (Å²) in [6.45, 7) is 5.48. The molecule has 1 aliphatic carbocycles. The van der Waals surface area contributed by atoms with Gasteiger partial charge in [-0.1, -0.05) is 20.3 Å². The molecule has 18 heavy (non-hydrogen) atoms. The van der Waals surface area contributed by atoms with Crippen molar-refractivity contribution >= 4 is 17.2 Å². The van der Waals surface area contributed by atoms with Crippen molar-refractivity contribution in [3.63, 3.8) is 0 Å². The third-order valence-corrected chi connectivity index (χ3v) is 5.16. The Morgan fingerprint density at radius 1 is 1.56 bits per heavy atom. The minimum Gasteiger partial charge on any atom is -0.366 e. The van der Waals surface area contributed by atoms with Gasteiger partial charge in [0.2, 0.25) is 5.91 Å². The highest BCUT2D eigenvalue weighted by atomic mass is 32.1. The van der Waals surface area contributed by atoms with Crippen LogP contribution >= 0.6 is 11.3 Å². The minimum atomic E-state index is -0.335. The van der Waals surface area contributed by atoms with Crippen LogP contribution in [0.15, 0.2) is 11.4 Å². The summed E-state index contributed by atoms with van der Waals surface area (Å²) in [5, 5.41) is 5.46. The third-order valence-electron chi connectivity index (χ3n) is 4.23. The molecule has 3 nitrogen and oxygen atoms in total. The standard InChI is InChI=1S/C14H22N2OS/c1-3-10-4-5-13(9(10)2)16-7-12-6-11(8-18-12)14(15)17/h6,8-10,13,16H,3-5,7H2,1-2H3,(H2,15,17). The molecule has 1 fully saturated rings. The lowest BCUT2D eigenvalue weighted by Crippen LogP contribution is -2.31. The van der Waals surface area contributed by atoms with Crippen LogP contribution < -0.4 is 11.1 Å². The number of nitrogens with two attached hydrogens (primary N) is 1. The predicted molar refractivity (Wildman–Crippen MR) is 75.6 cm³/mol. The van der Waals surface area contributed by atoms with E-state index >= 15 is 0 Å². The number of rotatable bonds is 5. The molecule has 1 heterocycles. The van der Waals surface area contributed by atoms with Gasteiger partial charge in [0.1, 0.15) is 0 Å². The zero-order valence-corrected chi connectivity index (χ0v) is 11.9. The Balaban J connectivity index is 1.86. The summed E-state index contributed by atoms with van der Waals surface area (Å²) in [5.41, 5.74) is 5.88. The predicted octanol–water partition coefficient (Wildman–Crippen LogP) is 2.76. The Labute approximate surface area is 113 Å². The summed E-state index contributed by atoms with van der Waals surface area (Å²) in [7, 11) is 0. The zero-order chi connectivity index (χ0) is 13.1. The molecule has 4 heteroatoms. The smallest absolute Gasteiger partial charge is 0.249 e. The van der Waals surface area contributed by atoms with Crippen molar-refractivity contribution in [1.29, 1.82) is 0 Å². The van der Waals surface area contributed by atoms with Gasteiger partial charge >= 0.3 is 0 Å². The highest BCUT2D eigenvalue weighted by Crippen LogP contribution is 2.34. The first-order valence-electron chi connectivity index (χ1n) is 6.72. The van der Waals surface area contributed by atoms with E-state index in [1.807, 2.05) is 11.4 Å². The molecule has 3 N–H and O–H groups in total. The van der Waals surface area contributed by atoms with Crippen LogP contribution in [0.5, 0.6) is 0 Å². The lowest BCUT2D eigenvalue weighted by Gasteiger charge is -2.20. The van der Waals surface area contributed by atoms with Crippen molar-refractivity contribution in [2.24, 2.45) is 17.6 Å². The maximum absolute atomic E-state index is 11.0. The van der Waals surface area contributed by atoms with E-state index < -0.39 is 0 Å². The van der Waals surface area contributed by atoms with E-state index in [0.29, 0.717) is 11.6 Å². The molecule has 3 atom stereocenters. The van der Waals surface area contributed by atoms with Gasteiger partial charge in [0, 0.05) is 22.8 Å². The Kier molecular flexibility index (Phi) is 4.40. The molecule has 1 amide bonds. The molecule has 0 aliphatic heterocycles. The van der Waals surface area contributed by atoms with Gasteiger partial charge in [-0.15, -0.1) is 11.3 Å². The molecule has 1 aromatic heterocycles. The fourth-order valence-corrected chi connectivity index (χ4v) is 3.77. The average molecular weight is 266 g/mol. The Morgan fingerprint density at radius 2 is 2.33 bits per heavy atom. The molecular formula is C14H22N2OS. The Hall–Kier alpha value is -0.870. The van der Waals surface area contributed by atoms with Crippen molar-refractivity contribution in [3.8, 4) is 0 Å². The number of nitrogens with one attached hydrogen (secondary N) is 1. The zero-order valence-electron chi connectivity index (χ0n) is 11.1. The van der Waals surface area contributed by atoms with Gasteiger partial charge in [0.15, 0.2) is 0 Å². The van der Waals surface area contributed by atoms with Crippen LogP contribution in [0.1, 0.15) is 48.3 Å². The van der Waals surface area contributed by atoms with E-state index in [9.17, 15) is 4.79 Å². The van der Waals surface area contributed by atoms with Gasteiger partial charge in [0.25, 0.3) is 0 Å². The van der Waals surface area contributed by atoms with Crippen molar-refractivity contribution in [3.05, 3.63) is 21.9 Å². The van der Waals surface area contributed by atoms with E-state index in [2.05, 4.69) is 19.2 Å². The fourth-order valence-electron chi connectivity index (χ4n) is 2.95. The number of hydrogen-bond acceptors (Lipinski definition) is 3. The van der Waals surface area contributed by atoms with Crippen LogP contribution in [0.3, 0.4) is 0 Å². The molecule has 1 aromatic rings. The number of amides is 1. The highest BCUT2D eigenvalue weighted by molar-refractivity contribution is 7.10. The molecule has 0 spiro atoms. The van der Waals surface area contributed by atoms with E-state index in [0.717, 1.165) is 18.4 Å². The Morgan fingerprint density at radius 3 is 2.89 bits per heavy atom. The molecule has 0 radical (unpaired) electrons. The summed E-state index contributed by atoms with van der Waals surface area (Å²) < 4.78 is 0. The molecule has 0 aromatic carbocycles. The fraction of sp³-hybridized carbons (Fsp3) is 0.643. The van der Waals surface area contributed by atoms with Gasteiger partial charge in [-0.3, -0.25) is 4.79 Å². The van der Waals surface area contributed by atoms with E-state index in [4.69, 9.17) is 5.73 Å². The van der Waals surface area contributed by atoms with Crippen LogP contribution in [0, 0.1) is 11.8 Å². The first-order valence-corrected chi connectivity index (χ1v) is 7.60. The molecule has 0 bridgehead atoms. The SMILES string of the molecule is CCC1CCC(NCc2cc(C(N)=O)cs2)C1C. The number of hydrogen-bond donors (Lipinski definition) is 2. The van der Waals surface area contributed by atoms with Gasteiger partial charge in [-0.05, 0) is 30.7 Å². The molecule has 1 aliphatic rings. The minimum absolute atomic E-state index is 0.335. The lowest BCUT2D eigenvalue weighted by molar-refractivity contribution is 0.100. The molecule has 100 valence electrons. The van der Waals surface area contributed by atoms with Gasteiger partial charge in [-0.25, -0.2) is 0 Å². The maximum Gasteiger partial charge on any atom is 0.249 e. The second-order valence-electron chi connectivity index (χ2n) is 5.26. The second-order valence-corrected chi connectivity index (χ2v) is 6.25. The van der Waals surface area contributed by atoms with Gasteiger partial charge in [0.05, 0.1) is 5.56 Å². The summed E-state index contributed by atoms with van der Waals surface area (Å²) in [4.78, 5) is 12.2. The van der Waals surface area contributed by atoms with Crippen molar-refractivity contribution in [2.75, 3.05) is 0 Å². The van der Waals surface area contributed by atoms with E-state index in [1.54, 1.807) is 11.3 Å². The molecular weight excluding hydrogens is 244 g/mol. The van der Waals surface area contributed by atoms with E-state index in [1.165, 1.54) is 24.1 Å². The largest absolute Gasteiger partial charge is 0.366 e. The van der Waals surface area contributed by atoms with Crippen LogP contribution in [0.2, 0.25) is 0 Å². The highest BCUT2D eigenvalue weighted by Gasteiger charge is 2.30. The summed E-state index contributed by atoms with van der Waals surface area (Å²) in [5.74, 6) is 1.29. The normalized spacial score (nSPS) is 27.6. The maximum atomic E-state index is 11.0. The monoisotopic (exact) mass is 266 g/mol. The van der Waals surface area contributed by atoms with Crippen molar-refractivity contribution in [2.45, 2.75) is 45.7 Å². The summed E-state index contributed by atoms with van der Waals surface area (Å²) in [6, 6.07) is 2.52. The molecule has 2 rings (SSSR count). The van der Waals surface area contributed by atoms with Crippen molar-refractivity contribution in [1.82, 2.24) is 5.32 Å². The molecule has 0 saturated heterocycles. The Bertz CT molecular complexity index is 416. The summed E-state index contributed by atoms with van der Waals surface area (Å²) >= 11 is 1.61. The van der Waals surface area contributed by atoms with E-state index in [-0.39, 0.29) is 5.91 Å². The quantitative estimate of drug-likeness (QED) is 0.861.